The first-order valence-corrected chi connectivity index (χ1v) is 7.70. The van der Waals surface area contributed by atoms with Gasteiger partial charge in [0, 0.05) is 16.1 Å². The number of nitrogens with zero attached hydrogens (tertiary/aromatic N) is 1. The third kappa shape index (κ3) is 3.87. The Morgan fingerprint density at radius 1 is 1.63 bits per heavy atom. The Morgan fingerprint density at radius 3 is 3.16 bits per heavy atom. The van der Waals surface area contributed by atoms with Crippen molar-refractivity contribution in [3.63, 3.8) is 0 Å². The number of nitrogens with one attached hydrogen (secondary N) is 2. The van der Waals surface area contributed by atoms with Gasteiger partial charge in [0.05, 0.1) is 13.7 Å². The molecule has 7 heteroatoms. The third-order valence-electron chi connectivity index (χ3n) is 2.50. The summed E-state index contributed by atoms with van der Waals surface area (Å²) in [4.78, 5) is 16.2. The molecule has 1 aliphatic rings. The maximum absolute atomic E-state index is 11.9. The monoisotopic (exact) mass is 343 g/mol. The van der Waals surface area contributed by atoms with Crippen molar-refractivity contribution in [3.8, 4) is 5.75 Å². The van der Waals surface area contributed by atoms with E-state index in [9.17, 15) is 4.79 Å². The van der Waals surface area contributed by atoms with E-state index in [1.165, 1.54) is 0 Å². The van der Waals surface area contributed by atoms with E-state index in [4.69, 9.17) is 4.74 Å². The summed E-state index contributed by atoms with van der Waals surface area (Å²) < 4.78 is 5.08. The van der Waals surface area contributed by atoms with Crippen molar-refractivity contribution in [1.82, 2.24) is 10.9 Å². The Balaban J connectivity index is 1.87. The number of alkyl halides is 1. The number of ether oxygens (including phenoxy) is 1. The largest absolute Gasteiger partial charge is 0.497 e. The van der Waals surface area contributed by atoms with Gasteiger partial charge in [-0.2, -0.15) is 0 Å². The Hall–Kier alpha value is -1.21. The summed E-state index contributed by atoms with van der Waals surface area (Å²) in [6.45, 7) is 0.757. The van der Waals surface area contributed by atoms with Gasteiger partial charge >= 0.3 is 0 Å². The van der Waals surface area contributed by atoms with Gasteiger partial charge in [-0.15, -0.1) is 0 Å². The number of hydrogen-bond acceptors (Lipinski definition) is 5. The van der Waals surface area contributed by atoms with Gasteiger partial charge in [0.2, 0.25) is 0 Å². The summed E-state index contributed by atoms with van der Waals surface area (Å²) in [5.41, 5.74) is 5.99. The molecule has 1 heterocycles. The molecule has 0 bridgehead atoms. The van der Waals surface area contributed by atoms with Crippen molar-refractivity contribution >= 4 is 38.8 Å². The molecule has 0 unspecified atom stereocenters. The summed E-state index contributed by atoms with van der Waals surface area (Å²) in [6.07, 6.45) is 0. The number of rotatable bonds is 3. The first-order chi connectivity index (χ1) is 9.22. The van der Waals surface area contributed by atoms with Gasteiger partial charge in [-0.25, -0.2) is 0 Å². The van der Waals surface area contributed by atoms with Crippen LogP contribution in [0.1, 0.15) is 10.4 Å². The number of amides is 1. The first-order valence-electron chi connectivity index (χ1n) is 5.70. The van der Waals surface area contributed by atoms with Gasteiger partial charge in [0.25, 0.3) is 5.91 Å². The molecule has 2 N–H and O–H groups in total. The average Bonchev–Trinajstić information content (AvgIpc) is 2.93. The van der Waals surface area contributed by atoms with Crippen molar-refractivity contribution in [2.75, 3.05) is 19.0 Å². The van der Waals surface area contributed by atoms with E-state index in [0.29, 0.717) is 16.6 Å². The van der Waals surface area contributed by atoms with Crippen LogP contribution in [0.25, 0.3) is 0 Å². The average molecular weight is 344 g/mol. The molecule has 1 aliphatic heterocycles. The second-order valence-corrected chi connectivity index (χ2v) is 5.79. The van der Waals surface area contributed by atoms with Crippen molar-refractivity contribution in [2.45, 2.75) is 5.25 Å². The van der Waals surface area contributed by atoms with Gasteiger partial charge in [-0.05, 0) is 18.2 Å². The highest BCUT2D eigenvalue weighted by Gasteiger charge is 2.18. The van der Waals surface area contributed by atoms with Crippen LogP contribution in [0, 0.1) is 0 Å². The second-order valence-electron chi connectivity index (χ2n) is 3.85. The van der Waals surface area contributed by atoms with Gasteiger partial charge in [0.15, 0.2) is 5.17 Å². The fraction of sp³-hybridized carbons (Fsp3) is 0.333. The van der Waals surface area contributed by atoms with Gasteiger partial charge in [0.1, 0.15) is 5.75 Å². The molecule has 0 aliphatic carbocycles. The molecule has 2 rings (SSSR count). The SMILES string of the molecule is COc1cccc(C(=O)NNC2=NC[C@@H](CBr)S2)c1. The number of hydrazine groups is 1. The molecule has 1 aromatic rings. The van der Waals surface area contributed by atoms with Crippen LogP contribution < -0.4 is 15.6 Å². The van der Waals surface area contributed by atoms with Crippen LogP contribution in [0.2, 0.25) is 0 Å². The molecule has 0 aromatic heterocycles. The molecule has 0 saturated heterocycles. The minimum absolute atomic E-state index is 0.218. The summed E-state index contributed by atoms with van der Waals surface area (Å²) >= 11 is 5.02. The lowest BCUT2D eigenvalue weighted by Gasteiger charge is -2.09. The highest BCUT2D eigenvalue weighted by molar-refractivity contribution is 9.09. The number of amidine groups is 1. The van der Waals surface area contributed by atoms with E-state index >= 15 is 0 Å². The fourth-order valence-electron chi connectivity index (χ4n) is 1.51. The summed E-state index contributed by atoms with van der Waals surface area (Å²) in [6, 6.07) is 6.98. The Kier molecular flexibility index (Phi) is 5.09. The van der Waals surface area contributed by atoms with E-state index in [2.05, 4.69) is 31.8 Å². The first kappa shape index (κ1) is 14.2. The summed E-state index contributed by atoms with van der Waals surface area (Å²) in [5.74, 6) is 0.434. The van der Waals surface area contributed by atoms with E-state index in [0.717, 1.165) is 17.0 Å². The molecule has 5 nitrogen and oxygen atoms in total. The summed E-state index contributed by atoms with van der Waals surface area (Å²) in [7, 11) is 1.57. The Bertz CT molecular complexity index is 496. The molecule has 1 aromatic carbocycles. The van der Waals surface area contributed by atoms with Crippen LogP contribution in [0.5, 0.6) is 5.75 Å². The highest BCUT2D eigenvalue weighted by Crippen LogP contribution is 2.20. The molecule has 19 heavy (non-hydrogen) atoms. The van der Waals surface area contributed by atoms with Crippen LogP contribution in [-0.2, 0) is 0 Å². The third-order valence-corrected chi connectivity index (χ3v) is 4.82. The van der Waals surface area contributed by atoms with Crippen molar-refractivity contribution in [3.05, 3.63) is 29.8 Å². The number of methoxy groups -OCH3 is 1. The molecule has 0 saturated carbocycles. The topological polar surface area (TPSA) is 62.7 Å². The zero-order valence-corrected chi connectivity index (χ0v) is 12.8. The van der Waals surface area contributed by atoms with Gasteiger partial charge in [-0.3, -0.25) is 20.6 Å². The number of thioether (sulfide) groups is 1. The minimum Gasteiger partial charge on any atom is -0.497 e. The van der Waals surface area contributed by atoms with Gasteiger partial charge in [-0.1, -0.05) is 33.8 Å². The van der Waals surface area contributed by atoms with E-state index in [1.54, 1.807) is 43.1 Å². The number of carbonyl (C=O) groups excluding carboxylic acids is 1. The van der Waals surface area contributed by atoms with Crippen LogP contribution in [-0.4, -0.2) is 35.3 Å². The quantitative estimate of drug-likeness (QED) is 0.648. The van der Waals surface area contributed by atoms with Crippen molar-refractivity contribution in [1.29, 1.82) is 0 Å². The lowest BCUT2D eigenvalue weighted by atomic mass is 10.2. The summed E-state index contributed by atoms with van der Waals surface area (Å²) in [5, 5.41) is 2.05. The fourth-order valence-corrected chi connectivity index (χ4v) is 2.90. The standard InChI is InChI=1S/C12H14BrN3O2S/c1-18-9-4-2-3-8(5-9)11(17)15-16-12-14-7-10(6-13)19-12/h2-5,10H,6-7H2,1H3,(H,14,16)(H,15,17)/t10-/m1/s1. The van der Waals surface area contributed by atoms with Crippen LogP contribution in [0.3, 0.4) is 0 Å². The van der Waals surface area contributed by atoms with Crippen LogP contribution in [0.15, 0.2) is 29.3 Å². The molecule has 1 amide bonds. The van der Waals surface area contributed by atoms with Crippen molar-refractivity contribution < 1.29 is 9.53 Å². The zero-order valence-electron chi connectivity index (χ0n) is 10.4. The van der Waals surface area contributed by atoms with Gasteiger partial charge < -0.3 is 4.74 Å². The highest BCUT2D eigenvalue weighted by atomic mass is 79.9. The molecule has 0 radical (unpaired) electrons. The van der Waals surface area contributed by atoms with Crippen LogP contribution >= 0.6 is 27.7 Å². The lowest BCUT2D eigenvalue weighted by Crippen LogP contribution is -2.40. The second kappa shape index (κ2) is 6.81. The number of halogens is 1. The maximum atomic E-state index is 11.9. The van der Waals surface area contributed by atoms with E-state index in [-0.39, 0.29) is 5.91 Å². The Labute approximate surface area is 124 Å². The predicted molar refractivity (Wildman–Crippen MR) is 81.1 cm³/mol. The van der Waals surface area contributed by atoms with Crippen LogP contribution in [0.4, 0.5) is 0 Å². The number of benzene rings is 1. The van der Waals surface area contributed by atoms with E-state index in [1.807, 2.05) is 0 Å². The Morgan fingerprint density at radius 2 is 2.47 bits per heavy atom. The molecular formula is C12H14BrN3O2S. The molecule has 102 valence electrons. The number of aliphatic imine (C=N–C) groups is 1. The predicted octanol–water partition coefficient (Wildman–Crippen LogP) is 1.80. The number of carbonyl (C=O) groups is 1. The lowest BCUT2D eigenvalue weighted by molar-refractivity contribution is 0.0944. The molecule has 1 atom stereocenters. The van der Waals surface area contributed by atoms with Crippen molar-refractivity contribution in [2.24, 2.45) is 4.99 Å². The normalized spacial score (nSPS) is 17.8. The molecular weight excluding hydrogens is 330 g/mol. The number of hydrogen-bond donors (Lipinski definition) is 2. The molecule has 0 fully saturated rings. The maximum Gasteiger partial charge on any atom is 0.269 e. The molecule has 0 spiro atoms. The minimum atomic E-state index is -0.218. The van der Waals surface area contributed by atoms with E-state index < -0.39 is 0 Å². The smallest absolute Gasteiger partial charge is 0.269 e. The zero-order chi connectivity index (χ0) is 13.7.